The highest BCUT2D eigenvalue weighted by Crippen LogP contribution is 2.39. The van der Waals surface area contributed by atoms with Crippen LogP contribution in [0, 0.1) is 36.6 Å². The molecule has 1 unspecified atom stereocenters. The highest BCUT2D eigenvalue weighted by molar-refractivity contribution is 14.1. The van der Waals surface area contributed by atoms with Gasteiger partial charge in [0.1, 0.15) is 17.3 Å². The van der Waals surface area contributed by atoms with Crippen molar-refractivity contribution in [2.75, 3.05) is 4.90 Å². The zero-order valence-electron chi connectivity index (χ0n) is 18.4. The SMILES string of the molecule is C#CC(C)Oc1cc(N2C(=O)C3=C(CCCC3)C2=O)c(F)cc1Cl.N#Cc1cc(I)c(O)c(I)c1. The molecule has 2 aromatic carbocycles. The minimum Gasteiger partial charge on any atom is -0.506 e. The van der Waals surface area contributed by atoms with Gasteiger partial charge in [0, 0.05) is 17.2 Å². The number of phenols is 1. The second-order valence-corrected chi connectivity index (χ2v) is 10.4. The zero-order chi connectivity index (χ0) is 25.9. The van der Waals surface area contributed by atoms with E-state index in [1.54, 1.807) is 19.1 Å². The summed E-state index contributed by atoms with van der Waals surface area (Å²) < 4.78 is 21.3. The van der Waals surface area contributed by atoms with Crippen molar-refractivity contribution in [1.29, 1.82) is 5.26 Å². The monoisotopic (exact) mass is 718 g/mol. The van der Waals surface area contributed by atoms with Crippen LogP contribution in [0.25, 0.3) is 0 Å². The number of imide groups is 1. The molecule has 0 saturated heterocycles. The quantitative estimate of drug-likeness (QED) is 0.236. The van der Waals surface area contributed by atoms with Crippen LogP contribution >= 0.6 is 56.8 Å². The molecule has 6 nitrogen and oxygen atoms in total. The first kappa shape index (κ1) is 27.2. The van der Waals surface area contributed by atoms with Gasteiger partial charge in [-0.2, -0.15) is 5.26 Å². The number of ether oxygens (including phenoxy) is 1. The summed E-state index contributed by atoms with van der Waals surface area (Å²) in [6.45, 7) is 1.63. The number of amides is 2. The van der Waals surface area contributed by atoms with E-state index in [0.29, 0.717) is 36.7 Å². The number of hydrogen-bond acceptors (Lipinski definition) is 5. The molecule has 4 rings (SSSR count). The smallest absolute Gasteiger partial charge is 0.261 e. The Balaban J connectivity index is 0.000000261. The molecule has 0 bridgehead atoms. The lowest BCUT2D eigenvalue weighted by molar-refractivity contribution is -0.120. The summed E-state index contributed by atoms with van der Waals surface area (Å²) in [4.78, 5) is 26.0. The molecule has 0 aromatic heterocycles. The molecule has 180 valence electrons. The molecule has 1 atom stereocenters. The van der Waals surface area contributed by atoms with Crippen molar-refractivity contribution in [2.24, 2.45) is 0 Å². The second-order valence-electron chi connectivity index (χ2n) is 7.67. The summed E-state index contributed by atoms with van der Waals surface area (Å²) >= 11 is 9.96. The molecule has 1 heterocycles. The highest BCUT2D eigenvalue weighted by atomic mass is 127. The van der Waals surface area contributed by atoms with Gasteiger partial charge in [-0.3, -0.25) is 9.59 Å². The third kappa shape index (κ3) is 5.90. The van der Waals surface area contributed by atoms with Gasteiger partial charge >= 0.3 is 0 Å². The van der Waals surface area contributed by atoms with Gasteiger partial charge in [-0.1, -0.05) is 17.5 Å². The number of anilines is 1. The fraction of sp³-hybridized carbons (Fsp3) is 0.240. The van der Waals surface area contributed by atoms with Crippen LogP contribution in [0.1, 0.15) is 38.2 Å². The number of carbonyl (C=O) groups is 2. The summed E-state index contributed by atoms with van der Waals surface area (Å²) in [6, 6.07) is 7.59. The third-order valence-corrected chi connectivity index (χ3v) is 7.26. The molecular formula is C25H18ClFI2N2O4. The van der Waals surface area contributed by atoms with E-state index in [1.165, 1.54) is 6.07 Å². The molecule has 2 amide bonds. The average molecular weight is 719 g/mol. The summed E-state index contributed by atoms with van der Waals surface area (Å²) in [6.07, 6.45) is 7.47. The van der Waals surface area contributed by atoms with Crippen molar-refractivity contribution >= 4 is 74.3 Å². The summed E-state index contributed by atoms with van der Waals surface area (Å²) in [7, 11) is 0. The van der Waals surface area contributed by atoms with E-state index in [0.717, 1.165) is 23.8 Å². The van der Waals surface area contributed by atoms with Crippen molar-refractivity contribution in [3.8, 4) is 29.9 Å². The molecule has 1 aliphatic heterocycles. The fourth-order valence-corrected chi connectivity index (χ4v) is 5.56. The Kier molecular flexibility index (Phi) is 9.02. The van der Waals surface area contributed by atoms with Gasteiger partial charge in [0.15, 0.2) is 6.10 Å². The number of nitriles is 1. The number of aromatic hydroxyl groups is 1. The molecule has 35 heavy (non-hydrogen) atoms. The largest absolute Gasteiger partial charge is 0.506 e. The number of rotatable bonds is 3. The third-order valence-electron chi connectivity index (χ3n) is 5.32. The number of carbonyl (C=O) groups excluding carboxylic acids is 2. The number of phenolic OH excluding ortho intramolecular Hbond substituents is 1. The van der Waals surface area contributed by atoms with Gasteiger partial charge in [-0.05, 0) is 96.0 Å². The standard InChI is InChI=1S/C18H15ClFNO3.C7H3I2NO/c1-3-10(2)24-16-9-15(14(20)8-13(16)19)21-17(22)11-6-4-5-7-12(11)18(21)23;8-5-1-4(3-10)2-6(9)7(5)11/h1,8-10H,4-7H2,2H3;1-2,11H. The molecule has 0 saturated carbocycles. The van der Waals surface area contributed by atoms with Crippen LogP contribution in [-0.4, -0.2) is 23.0 Å². The fourth-order valence-electron chi connectivity index (χ4n) is 3.59. The van der Waals surface area contributed by atoms with Crippen LogP contribution in [-0.2, 0) is 9.59 Å². The predicted molar refractivity (Wildman–Crippen MR) is 147 cm³/mol. The van der Waals surface area contributed by atoms with Gasteiger partial charge in [0.05, 0.1) is 29.5 Å². The van der Waals surface area contributed by atoms with E-state index in [-0.39, 0.29) is 22.2 Å². The Hall–Kier alpha value is -2.35. The molecule has 1 aliphatic carbocycles. The number of hydrogen-bond donors (Lipinski definition) is 1. The zero-order valence-corrected chi connectivity index (χ0v) is 23.4. The van der Waals surface area contributed by atoms with Crippen molar-refractivity contribution in [1.82, 2.24) is 0 Å². The van der Waals surface area contributed by atoms with Crippen LogP contribution in [0.4, 0.5) is 10.1 Å². The molecular weight excluding hydrogens is 701 g/mol. The number of nitrogens with zero attached hydrogens (tertiary/aromatic N) is 2. The topological polar surface area (TPSA) is 90.6 Å². The Morgan fingerprint density at radius 3 is 2.17 bits per heavy atom. The summed E-state index contributed by atoms with van der Waals surface area (Å²) in [5.74, 6) is 1.06. The average Bonchev–Trinajstić information content (AvgIpc) is 3.09. The maximum atomic E-state index is 14.4. The summed E-state index contributed by atoms with van der Waals surface area (Å²) in [5, 5.41) is 17.9. The minimum atomic E-state index is -0.762. The van der Waals surface area contributed by atoms with Crippen molar-refractivity contribution < 1.29 is 23.8 Å². The number of terminal acetylenes is 1. The Morgan fingerprint density at radius 1 is 1.14 bits per heavy atom. The molecule has 2 aromatic rings. The maximum absolute atomic E-state index is 14.4. The van der Waals surface area contributed by atoms with E-state index >= 15 is 0 Å². The van der Waals surface area contributed by atoms with Crippen molar-refractivity contribution in [3.63, 3.8) is 0 Å². The lowest BCUT2D eigenvalue weighted by atomic mass is 9.93. The van der Waals surface area contributed by atoms with Crippen LogP contribution in [0.5, 0.6) is 11.5 Å². The van der Waals surface area contributed by atoms with Crippen molar-refractivity contribution in [2.45, 2.75) is 38.7 Å². The maximum Gasteiger partial charge on any atom is 0.261 e. The van der Waals surface area contributed by atoms with Crippen LogP contribution in [0.2, 0.25) is 5.02 Å². The van der Waals surface area contributed by atoms with Crippen LogP contribution in [0.15, 0.2) is 35.4 Å². The molecule has 10 heteroatoms. The Bertz CT molecular complexity index is 1280. The molecule has 0 fully saturated rings. The van der Waals surface area contributed by atoms with E-state index in [9.17, 15) is 19.1 Å². The van der Waals surface area contributed by atoms with E-state index in [2.05, 4.69) is 5.92 Å². The Morgan fingerprint density at radius 2 is 1.69 bits per heavy atom. The molecule has 1 N–H and O–H groups in total. The van der Waals surface area contributed by atoms with Gasteiger partial charge in [-0.25, -0.2) is 9.29 Å². The molecule has 2 aliphatic rings. The van der Waals surface area contributed by atoms with Gasteiger partial charge in [0.2, 0.25) is 0 Å². The van der Waals surface area contributed by atoms with E-state index < -0.39 is 23.7 Å². The van der Waals surface area contributed by atoms with Crippen LogP contribution in [0.3, 0.4) is 0 Å². The molecule has 0 spiro atoms. The normalized spacial score (nSPS) is 15.6. The van der Waals surface area contributed by atoms with Crippen LogP contribution < -0.4 is 9.64 Å². The number of halogens is 4. The summed E-state index contributed by atoms with van der Waals surface area (Å²) in [5.41, 5.74) is 1.39. The Labute approximate surface area is 234 Å². The lowest BCUT2D eigenvalue weighted by Gasteiger charge is -2.19. The highest BCUT2D eigenvalue weighted by Gasteiger charge is 2.41. The minimum absolute atomic E-state index is 0.0233. The van der Waals surface area contributed by atoms with Crippen molar-refractivity contribution in [3.05, 3.63) is 59.0 Å². The van der Waals surface area contributed by atoms with Gasteiger partial charge in [0.25, 0.3) is 11.8 Å². The van der Waals surface area contributed by atoms with E-state index in [1.807, 2.05) is 51.3 Å². The van der Waals surface area contributed by atoms with Gasteiger partial charge in [-0.15, -0.1) is 6.42 Å². The lowest BCUT2D eigenvalue weighted by Crippen LogP contribution is -2.32. The molecule has 0 radical (unpaired) electrons. The predicted octanol–water partition coefficient (Wildman–Crippen LogP) is 6.10. The first-order chi connectivity index (χ1) is 16.6. The first-order valence-corrected chi connectivity index (χ1v) is 12.9. The van der Waals surface area contributed by atoms with E-state index in [4.69, 9.17) is 28.0 Å². The second kappa shape index (κ2) is 11.6. The van der Waals surface area contributed by atoms with Gasteiger partial charge < -0.3 is 9.84 Å². The first-order valence-electron chi connectivity index (χ1n) is 10.4. The number of benzene rings is 2.